The van der Waals surface area contributed by atoms with E-state index in [1.54, 1.807) is 0 Å². The maximum atomic E-state index is 13.3. The van der Waals surface area contributed by atoms with Crippen molar-refractivity contribution in [2.24, 2.45) is 0 Å². The number of hydrogen-bond acceptors (Lipinski definition) is 6. The summed E-state index contributed by atoms with van der Waals surface area (Å²) in [6.45, 7) is 6.61. The van der Waals surface area contributed by atoms with Gasteiger partial charge in [0.25, 0.3) is 0 Å². The molecule has 1 aliphatic heterocycles. The number of anilines is 1. The van der Waals surface area contributed by atoms with E-state index in [2.05, 4.69) is 20.9 Å². The van der Waals surface area contributed by atoms with Gasteiger partial charge < -0.3 is 15.5 Å². The van der Waals surface area contributed by atoms with Crippen LogP contribution < -0.4 is 15.5 Å². The van der Waals surface area contributed by atoms with Crippen LogP contribution in [0.25, 0.3) is 0 Å². The number of ether oxygens (including phenoxy) is 1. The smallest absolute Gasteiger partial charge is 0.240 e. The van der Waals surface area contributed by atoms with E-state index < -0.39 is 5.25 Å². The number of nitrogens with zero attached hydrogens (tertiary/aromatic N) is 3. The van der Waals surface area contributed by atoms with Gasteiger partial charge in [-0.05, 0) is 49.2 Å². The van der Waals surface area contributed by atoms with Crippen molar-refractivity contribution in [1.29, 1.82) is 0 Å². The Balaban J connectivity index is 1.65. The molecule has 1 amide bonds. The lowest BCUT2D eigenvalue weighted by atomic mass is 10.0. The molecular formula is C22H25N5O2S. The highest BCUT2D eigenvalue weighted by Crippen LogP contribution is 2.38. The van der Waals surface area contributed by atoms with Crippen LogP contribution in [0.3, 0.4) is 0 Å². The monoisotopic (exact) mass is 423 g/mol. The normalized spacial score (nSPS) is 17.7. The Morgan fingerprint density at radius 1 is 1.20 bits per heavy atom. The number of rotatable bonds is 6. The molecule has 2 atom stereocenters. The van der Waals surface area contributed by atoms with Crippen molar-refractivity contribution in [3.8, 4) is 5.75 Å². The lowest BCUT2D eigenvalue weighted by Gasteiger charge is -2.33. The summed E-state index contributed by atoms with van der Waals surface area (Å²) >= 11 is 1.43. The SMILES string of the molecule is CCOc1ccc(C2Nn3c(CC)nnc3SC2C(=O)Nc2cccc(C)c2)cc1. The van der Waals surface area contributed by atoms with Crippen LogP contribution in [0.15, 0.2) is 53.7 Å². The van der Waals surface area contributed by atoms with Gasteiger partial charge >= 0.3 is 0 Å². The molecular weight excluding hydrogens is 398 g/mol. The summed E-state index contributed by atoms with van der Waals surface area (Å²) in [5.74, 6) is 1.57. The molecule has 0 saturated heterocycles. The minimum Gasteiger partial charge on any atom is -0.494 e. The van der Waals surface area contributed by atoms with Crippen LogP contribution in [0, 0.1) is 6.92 Å². The van der Waals surface area contributed by atoms with Crippen molar-refractivity contribution in [2.45, 2.75) is 43.6 Å². The number of benzene rings is 2. The summed E-state index contributed by atoms with van der Waals surface area (Å²) in [7, 11) is 0. The predicted molar refractivity (Wildman–Crippen MR) is 119 cm³/mol. The molecule has 2 heterocycles. The van der Waals surface area contributed by atoms with Crippen molar-refractivity contribution in [1.82, 2.24) is 14.9 Å². The molecule has 30 heavy (non-hydrogen) atoms. The first kappa shape index (κ1) is 20.3. The molecule has 8 heteroatoms. The third-order valence-electron chi connectivity index (χ3n) is 4.91. The van der Waals surface area contributed by atoms with Crippen LogP contribution in [0.5, 0.6) is 5.75 Å². The molecule has 0 fully saturated rings. The first-order valence-corrected chi connectivity index (χ1v) is 10.9. The Kier molecular flexibility index (Phi) is 5.94. The number of aryl methyl sites for hydroxylation is 2. The Morgan fingerprint density at radius 3 is 2.70 bits per heavy atom. The fraction of sp³-hybridized carbons (Fsp3) is 0.318. The van der Waals surface area contributed by atoms with E-state index in [1.165, 1.54) is 11.8 Å². The fourth-order valence-electron chi connectivity index (χ4n) is 3.45. The standard InChI is InChI=1S/C22H25N5O2S/c1-4-18-24-25-22-27(18)26-19(15-9-11-17(12-10-15)29-5-2)20(30-22)21(28)23-16-8-6-7-14(3)13-16/h6-13,19-20,26H,4-5H2,1-3H3,(H,23,28). The molecule has 156 valence electrons. The Hall–Kier alpha value is -3.00. The molecule has 2 aromatic carbocycles. The van der Waals surface area contributed by atoms with Crippen molar-refractivity contribution in [2.75, 3.05) is 17.3 Å². The van der Waals surface area contributed by atoms with Gasteiger partial charge in [0.2, 0.25) is 11.1 Å². The van der Waals surface area contributed by atoms with Crippen molar-refractivity contribution >= 4 is 23.4 Å². The highest BCUT2D eigenvalue weighted by atomic mass is 32.2. The Labute approximate surface area is 180 Å². The molecule has 0 spiro atoms. The minimum atomic E-state index is -0.412. The van der Waals surface area contributed by atoms with Gasteiger partial charge in [-0.2, -0.15) is 0 Å². The molecule has 7 nitrogen and oxygen atoms in total. The molecule has 4 rings (SSSR count). The maximum absolute atomic E-state index is 13.3. The second-order valence-electron chi connectivity index (χ2n) is 7.09. The highest BCUT2D eigenvalue weighted by Gasteiger charge is 2.37. The third-order valence-corrected chi connectivity index (χ3v) is 6.13. The van der Waals surface area contributed by atoms with Crippen LogP contribution in [-0.2, 0) is 11.2 Å². The van der Waals surface area contributed by atoms with Crippen molar-refractivity contribution < 1.29 is 9.53 Å². The van der Waals surface area contributed by atoms with E-state index in [-0.39, 0.29) is 11.9 Å². The second kappa shape index (κ2) is 8.79. The van der Waals surface area contributed by atoms with Gasteiger partial charge in [-0.15, -0.1) is 10.2 Å². The number of aromatic nitrogens is 3. The molecule has 0 aliphatic carbocycles. The Morgan fingerprint density at radius 2 is 2.00 bits per heavy atom. The molecule has 2 N–H and O–H groups in total. The predicted octanol–water partition coefficient (Wildman–Crippen LogP) is 3.95. The lowest BCUT2D eigenvalue weighted by Crippen LogP contribution is -2.41. The number of carbonyl (C=O) groups is 1. The molecule has 0 bridgehead atoms. The van der Waals surface area contributed by atoms with Crippen molar-refractivity contribution in [3.05, 3.63) is 65.5 Å². The van der Waals surface area contributed by atoms with Crippen LogP contribution in [0.1, 0.15) is 36.8 Å². The van der Waals surface area contributed by atoms with Crippen LogP contribution in [0.2, 0.25) is 0 Å². The van der Waals surface area contributed by atoms with E-state index in [9.17, 15) is 4.79 Å². The van der Waals surface area contributed by atoms with E-state index >= 15 is 0 Å². The molecule has 0 radical (unpaired) electrons. The summed E-state index contributed by atoms with van der Waals surface area (Å²) in [5, 5.41) is 11.8. The van der Waals surface area contributed by atoms with Gasteiger partial charge in [0.15, 0.2) is 5.82 Å². The highest BCUT2D eigenvalue weighted by molar-refractivity contribution is 8.00. The van der Waals surface area contributed by atoms with Gasteiger partial charge in [0.1, 0.15) is 11.0 Å². The van der Waals surface area contributed by atoms with E-state index in [1.807, 2.05) is 74.0 Å². The molecule has 0 saturated carbocycles. The summed E-state index contributed by atoms with van der Waals surface area (Å²) in [4.78, 5) is 13.3. The average Bonchev–Trinajstić information content (AvgIpc) is 3.16. The van der Waals surface area contributed by atoms with Gasteiger partial charge in [-0.25, -0.2) is 4.68 Å². The number of fused-ring (bicyclic) bond motifs is 1. The number of hydrogen-bond donors (Lipinski definition) is 2. The minimum absolute atomic E-state index is 0.0794. The zero-order valence-electron chi connectivity index (χ0n) is 17.3. The zero-order valence-corrected chi connectivity index (χ0v) is 18.1. The summed E-state index contributed by atoms with van der Waals surface area (Å²) in [6.07, 6.45) is 0.747. The van der Waals surface area contributed by atoms with E-state index in [4.69, 9.17) is 4.74 Å². The van der Waals surface area contributed by atoms with Gasteiger partial charge in [-0.3, -0.25) is 4.79 Å². The zero-order chi connectivity index (χ0) is 21.1. The van der Waals surface area contributed by atoms with Gasteiger partial charge in [-0.1, -0.05) is 43.0 Å². The molecule has 2 unspecified atom stereocenters. The largest absolute Gasteiger partial charge is 0.494 e. The second-order valence-corrected chi connectivity index (χ2v) is 8.20. The quantitative estimate of drug-likeness (QED) is 0.625. The first-order chi connectivity index (χ1) is 14.6. The average molecular weight is 424 g/mol. The first-order valence-electron chi connectivity index (χ1n) is 10.1. The molecule has 3 aromatic rings. The van der Waals surface area contributed by atoms with Crippen LogP contribution in [-0.4, -0.2) is 32.6 Å². The molecule has 1 aliphatic rings. The number of carbonyl (C=O) groups excluding carboxylic acids is 1. The van der Waals surface area contributed by atoms with Gasteiger partial charge in [0, 0.05) is 12.1 Å². The van der Waals surface area contributed by atoms with E-state index in [0.717, 1.165) is 34.8 Å². The van der Waals surface area contributed by atoms with Crippen LogP contribution >= 0.6 is 11.8 Å². The lowest BCUT2D eigenvalue weighted by molar-refractivity contribution is -0.116. The summed E-state index contributed by atoms with van der Waals surface area (Å²) in [6, 6.07) is 15.4. The fourth-order valence-corrected chi connectivity index (χ4v) is 4.55. The number of amides is 1. The summed E-state index contributed by atoms with van der Waals surface area (Å²) in [5.41, 5.74) is 6.34. The topological polar surface area (TPSA) is 81.1 Å². The van der Waals surface area contributed by atoms with Crippen LogP contribution in [0.4, 0.5) is 5.69 Å². The van der Waals surface area contributed by atoms with Gasteiger partial charge in [0.05, 0.1) is 12.6 Å². The maximum Gasteiger partial charge on any atom is 0.240 e. The Bertz CT molecular complexity index is 1030. The summed E-state index contributed by atoms with van der Waals surface area (Å²) < 4.78 is 7.45. The van der Waals surface area contributed by atoms with Crippen molar-refractivity contribution in [3.63, 3.8) is 0 Å². The number of thioether (sulfide) groups is 1. The number of nitrogens with one attached hydrogen (secondary N) is 2. The van der Waals surface area contributed by atoms with E-state index in [0.29, 0.717) is 11.8 Å². The third kappa shape index (κ3) is 4.14. The molecule has 1 aromatic heterocycles.